The van der Waals surface area contributed by atoms with Gasteiger partial charge in [0.1, 0.15) is 6.54 Å². The highest BCUT2D eigenvalue weighted by Crippen LogP contribution is 2.26. The van der Waals surface area contributed by atoms with Crippen LogP contribution in [-0.2, 0) is 14.8 Å². The molecule has 0 bridgehead atoms. The summed E-state index contributed by atoms with van der Waals surface area (Å²) in [5.74, 6) is -0.377. The molecule has 0 heterocycles. The molecule has 0 aliphatic carbocycles. The molecule has 2 aromatic rings. The van der Waals surface area contributed by atoms with E-state index in [0.717, 1.165) is 27.3 Å². The van der Waals surface area contributed by atoms with Gasteiger partial charge >= 0.3 is 0 Å². The standard InChI is InChI=1S/C18H22N2O3S/c1-13-8-5-6-11-16(13)19-17(21)12-20(24(4,22)23)18-14(2)9-7-10-15(18)3/h5-11H,12H2,1-4H3,(H,19,21). The van der Waals surface area contributed by atoms with Crippen LogP contribution in [0.15, 0.2) is 42.5 Å². The fourth-order valence-electron chi connectivity index (χ4n) is 2.59. The van der Waals surface area contributed by atoms with E-state index in [1.165, 1.54) is 0 Å². The molecule has 0 saturated heterocycles. The van der Waals surface area contributed by atoms with Gasteiger partial charge in [-0.15, -0.1) is 0 Å². The lowest BCUT2D eigenvalue weighted by Crippen LogP contribution is -2.38. The Hall–Kier alpha value is -2.34. The molecular weight excluding hydrogens is 324 g/mol. The highest BCUT2D eigenvalue weighted by molar-refractivity contribution is 7.92. The average Bonchev–Trinajstić information content (AvgIpc) is 2.47. The Kier molecular flexibility index (Phi) is 5.29. The summed E-state index contributed by atoms with van der Waals surface area (Å²) in [6, 6.07) is 12.9. The van der Waals surface area contributed by atoms with Gasteiger partial charge in [-0.05, 0) is 43.5 Å². The van der Waals surface area contributed by atoms with Gasteiger partial charge in [0.05, 0.1) is 11.9 Å². The van der Waals surface area contributed by atoms with Gasteiger partial charge < -0.3 is 5.32 Å². The summed E-state index contributed by atoms with van der Waals surface area (Å²) >= 11 is 0. The van der Waals surface area contributed by atoms with Gasteiger partial charge in [0.25, 0.3) is 0 Å². The molecule has 2 aromatic carbocycles. The number of nitrogens with one attached hydrogen (secondary N) is 1. The number of hydrogen-bond acceptors (Lipinski definition) is 3. The molecule has 6 heteroatoms. The van der Waals surface area contributed by atoms with Gasteiger partial charge in [0.15, 0.2) is 0 Å². The van der Waals surface area contributed by atoms with Crippen molar-refractivity contribution in [3.63, 3.8) is 0 Å². The van der Waals surface area contributed by atoms with E-state index < -0.39 is 10.0 Å². The fourth-order valence-corrected chi connectivity index (χ4v) is 3.57. The number of carbonyl (C=O) groups is 1. The minimum absolute atomic E-state index is 0.265. The lowest BCUT2D eigenvalue weighted by molar-refractivity contribution is -0.114. The zero-order chi connectivity index (χ0) is 17.9. The van der Waals surface area contributed by atoms with Crippen LogP contribution in [0.5, 0.6) is 0 Å². The van der Waals surface area contributed by atoms with Crippen LogP contribution in [0.25, 0.3) is 0 Å². The van der Waals surface area contributed by atoms with Gasteiger partial charge in [-0.25, -0.2) is 8.42 Å². The molecule has 0 unspecified atom stereocenters. The summed E-state index contributed by atoms with van der Waals surface area (Å²) in [5, 5.41) is 2.78. The third-order valence-electron chi connectivity index (χ3n) is 3.80. The van der Waals surface area contributed by atoms with Crippen molar-refractivity contribution in [2.45, 2.75) is 20.8 Å². The second-order valence-corrected chi connectivity index (χ2v) is 7.78. The number of para-hydroxylation sites is 2. The van der Waals surface area contributed by atoms with Crippen molar-refractivity contribution in [2.75, 3.05) is 22.4 Å². The molecule has 24 heavy (non-hydrogen) atoms. The smallest absolute Gasteiger partial charge is 0.245 e. The average molecular weight is 346 g/mol. The number of benzene rings is 2. The first-order chi connectivity index (χ1) is 11.2. The van der Waals surface area contributed by atoms with E-state index in [9.17, 15) is 13.2 Å². The second-order valence-electron chi connectivity index (χ2n) is 5.87. The van der Waals surface area contributed by atoms with E-state index in [4.69, 9.17) is 0 Å². The number of nitrogens with zero attached hydrogens (tertiary/aromatic N) is 1. The minimum Gasteiger partial charge on any atom is -0.324 e. The van der Waals surface area contributed by atoms with Crippen molar-refractivity contribution in [1.82, 2.24) is 0 Å². The van der Waals surface area contributed by atoms with Crippen molar-refractivity contribution in [1.29, 1.82) is 0 Å². The van der Waals surface area contributed by atoms with E-state index >= 15 is 0 Å². The first-order valence-corrected chi connectivity index (χ1v) is 9.44. The Bertz CT molecular complexity index is 840. The molecule has 0 spiro atoms. The van der Waals surface area contributed by atoms with Crippen molar-refractivity contribution >= 4 is 27.3 Å². The molecule has 5 nitrogen and oxygen atoms in total. The topological polar surface area (TPSA) is 66.5 Å². The summed E-state index contributed by atoms with van der Waals surface area (Å²) < 4.78 is 25.6. The van der Waals surface area contributed by atoms with Crippen LogP contribution in [0.4, 0.5) is 11.4 Å². The summed E-state index contributed by atoms with van der Waals surface area (Å²) in [6.07, 6.45) is 1.11. The zero-order valence-electron chi connectivity index (χ0n) is 14.3. The van der Waals surface area contributed by atoms with Gasteiger partial charge in [-0.2, -0.15) is 0 Å². The second kappa shape index (κ2) is 7.05. The third-order valence-corrected chi connectivity index (χ3v) is 4.91. The molecule has 0 atom stereocenters. The van der Waals surface area contributed by atoms with Crippen LogP contribution in [0, 0.1) is 20.8 Å². The van der Waals surface area contributed by atoms with Crippen molar-refractivity contribution in [3.05, 3.63) is 59.2 Å². The molecule has 128 valence electrons. The van der Waals surface area contributed by atoms with Crippen molar-refractivity contribution in [2.24, 2.45) is 0 Å². The van der Waals surface area contributed by atoms with E-state index in [2.05, 4.69) is 5.32 Å². The summed E-state index contributed by atoms with van der Waals surface area (Å²) in [7, 11) is -3.59. The summed E-state index contributed by atoms with van der Waals surface area (Å²) in [4.78, 5) is 12.4. The molecular formula is C18H22N2O3S. The van der Waals surface area contributed by atoms with Crippen LogP contribution in [0.3, 0.4) is 0 Å². The summed E-state index contributed by atoms with van der Waals surface area (Å²) in [6.45, 7) is 5.29. The van der Waals surface area contributed by atoms with E-state index in [-0.39, 0.29) is 12.5 Å². The van der Waals surface area contributed by atoms with Crippen LogP contribution in [-0.4, -0.2) is 27.1 Å². The molecule has 0 aromatic heterocycles. The molecule has 0 saturated carbocycles. The Balaban J connectivity index is 2.31. The van der Waals surface area contributed by atoms with E-state index in [1.54, 1.807) is 6.07 Å². The summed E-state index contributed by atoms with van der Waals surface area (Å²) in [5.41, 5.74) is 3.77. The van der Waals surface area contributed by atoms with E-state index in [0.29, 0.717) is 11.4 Å². The Morgan fingerprint density at radius 1 is 0.958 bits per heavy atom. The first kappa shape index (κ1) is 18.0. The number of amides is 1. The number of rotatable bonds is 5. The highest BCUT2D eigenvalue weighted by atomic mass is 32.2. The van der Waals surface area contributed by atoms with Crippen LogP contribution in [0.1, 0.15) is 16.7 Å². The molecule has 0 fully saturated rings. The first-order valence-electron chi connectivity index (χ1n) is 7.59. The van der Waals surface area contributed by atoms with Crippen LogP contribution in [0.2, 0.25) is 0 Å². The normalized spacial score (nSPS) is 11.2. The Morgan fingerprint density at radius 3 is 2.04 bits per heavy atom. The predicted molar refractivity (Wildman–Crippen MR) is 97.9 cm³/mol. The lowest BCUT2D eigenvalue weighted by Gasteiger charge is -2.25. The van der Waals surface area contributed by atoms with Gasteiger partial charge in [-0.3, -0.25) is 9.10 Å². The van der Waals surface area contributed by atoms with Crippen LogP contribution >= 0.6 is 0 Å². The molecule has 0 aliphatic heterocycles. The number of carbonyl (C=O) groups excluding carboxylic acids is 1. The number of anilines is 2. The van der Waals surface area contributed by atoms with Gasteiger partial charge in [0, 0.05) is 5.69 Å². The molecule has 1 N–H and O–H groups in total. The van der Waals surface area contributed by atoms with Gasteiger partial charge in [-0.1, -0.05) is 36.4 Å². The lowest BCUT2D eigenvalue weighted by atomic mass is 10.1. The van der Waals surface area contributed by atoms with Crippen molar-refractivity contribution < 1.29 is 13.2 Å². The predicted octanol–water partition coefficient (Wildman–Crippen LogP) is 3.02. The number of aryl methyl sites for hydroxylation is 3. The molecule has 0 radical (unpaired) electrons. The molecule has 2 rings (SSSR count). The van der Waals surface area contributed by atoms with Crippen LogP contribution < -0.4 is 9.62 Å². The molecule has 1 amide bonds. The van der Waals surface area contributed by atoms with E-state index in [1.807, 2.05) is 57.2 Å². The van der Waals surface area contributed by atoms with Gasteiger partial charge in [0.2, 0.25) is 15.9 Å². The minimum atomic E-state index is -3.59. The third kappa shape index (κ3) is 4.14. The molecule has 0 aliphatic rings. The number of sulfonamides is 1. The highest BCUT2D eigenvalue weighted by Gasteiger charge is 2.24. The van der Waals surface area contributed by atoms with Crippen molar-refractivity contribution in [3.8, 4) is 0 Å². The monoisotopic (exact) mass is 346 g/mol. The Morgan fingerprint density at radius 2 is 1.50 bits per heavy atom. The Labute approximate surface area is 143 Å². The quantitative estimate of drug-likeness (QED) is 0.905. The maximum absolute atomic E-state index is 12.4. The SMILES string of the molecule is Cc1ccccc1NC(=O)CN(c1c(C)cccc1C)S(C)(=O)=O. The maximum Gasteiger partial charge on any atom is 0.245 e. The largest absolute Gasteiger partial charge is 0.324 e. The number of hydrogen-bond donors (Lipinski definition) is 1. The fraction of sp³-hybridized carbons (Fsp3) is 0.278. The maximum atomic E-state index is 12.4. The zero-order valence-corrected chi connectivity index (χ0v) is 15.1.